The normalized spacial score (nSPS) is 34.3. The van der Waals surface area contributed by atoms with Crippen molar-refractivity contribution in [3.05, 3.63) is 11.5 Å². The maximum atomic E-state index is 11.3. The zero-order valence-electron chi connectivity index (χ0n) is 12.5. The van der Waals surface area contributed by atoms with Crippen molar-refractivity contribution in [1.82, 2.24) is 4.90 Å². The van der Waals surface area contributed by atoms with Crippen molar-refractivity contribution in [3.63, 3.8) is 0 Å². The summed E-state index contributed by atoms with van der Waals surface area (Å²) >= 11 is 0. The molecule has 1 N–H and O–H groups in total. The Balaban J connectivity index is 1.81. The van der Waals surface area contributed by atoms with Crippen LogP contribution in [-0.4, -0.2) is 46.5 Å². The summed E-state index contributed by atoms with van der Waals surface area (Å²) in [6.45, 7) is 8.15. The van der Waals surface area contributed by atoms with Gasteiger partial charge in [0.1, 0.15) is 0 Å². The molecular weight excluding hydrogens is 257 g/mol. The standard InChI is InChI=1S/C14H22BNO4/c1-13(2)14(3,4)20-15(19-13)9-7-10-5-6-11(8-9)16(10)12(17)18/h7,10-11H,5-6,8H2,1-4H3,(H,17,18). The van der Waals surface area contributed by atoms with Crippen LogP contribution in [0.3, 0.4) is 0 Å². The molecule has 0 radical (unpaired) electrons. The summed E-state index contributed by atoms with van der Waals surface area (Å²) in [5.74, 6) is 0. The zero-order valence-corrected chi connectivity index (χ0v) is 12.5. The van der Waals surface area contributed by atoms with Crippen LogP contribution in [0, 0.1) is 0 Å². The second-order valence-electron chi connectivity index (χ2n) is 7.02. The SMILES string of the molecule is CC1(C)OB(C2=CC3CCC(C2)N3C(=O)O)OC1(C)C. The molecule has 0 aromatic carbocycles. The van der Waals surface area contributed by atoms with E-state index >= 15 is 0 Å². The Bertz CT molecular complexity index is 458. The maximum Gasteiger partial charge on any atom is 0.490 e. The average molecular weight is 279 g/mol. The maximum absolute atomic E-state index is 11.3. The van der Waals surface area contributed by atoms with Crippen LogP contribution < -0.4 is 0 Å². The Morgan fingerprint density at radius 2 is 1.90 bits per heavy atom. The number of rotatable bonds is 1. The number of carbonyl (C=O) groups is 1. The molecule has 0 saturated carbocycles. The van der Waals surface area contributed by atoms with Crippen molar-refractivity contribution in [2.75, 3.05) is 0 Å². The highest BCUT2D eigenvalue weighted by Gasteiger charge is 2.54. The van der Waals surface area contributed by atoms with Crippen molar-refractivity contribution >= 4 is 13.2 Å². The van der Waals surface area contributed by atoms with E-state index in [2.05, 4.69) is 0 Å². The first-order valence-corrected chi connectivity index (χ1v) is 7.29. The minimum atomic E-state index is -0.818. The highest BCUT2D eigenvalue weighted by Crippen LogP contribution is 2.42. The second kappa shape index (κ2) is 4.24. The molecule has 2 saturated heterocycles. The number of fused-ring (bicyclic) bond motifs is 2. The topological polar surface area (TPSA) is 59.0 Å². The molecule has 6 heteroatoms. The molecule has 2 unspecified atom stereocenters. The number of hydrogen-bond donors (Lipinski definition) is 1. The molecule has 3 aliphatic heterocycles. The van der Waals surface area contributed by atoms with Gasteiger partial charge in [-0.3, -0.25) is 4.90 Å². The van der Waals surface area contributed by atoms with E-state index in [4.69, 9.17) is 9.31 Å². The van der Waals surface area contributed by atoms with Crippen molar-refractivity contribution < 1.29 is 19.2 Å². The largest absolute Gasteiger partial charge is 0.490 e. The van der Waals surface area contributed by atoms with Gasteiger partial charge in [0.05, 0.1) is 17.2 Å². The number of carboxylic acid groups (broad SMARTS) is 1. The Morgan fingerprint density at radius 1 is 1.30 bits per heavy atom. The molecule has 2 atom stereocenters. The summed E-state index contributed by atoms with van der Waals surface area (Å²) in [6, 6.07) is 0.0665. The Labute approximate surface area is 120 Å². The number of amides is 1. The summed E-state index contributed by atoms with van der Waals surface area (Å²) in [5, 5.41) is 9.27. The fourth-order valence-corrected chi connectivity index (χ4v) is 3.33. The minimum Gasteiger partial charge on any atom is -0.465 e. The van der Waals surface area contributed by atoms with Crippen molar-refractivity contribution in [2.45, 2.75) is 70.2 Å². The number of hydrogen-bond acceptors (Lipinski definition) is 3. The molecule has 20 heavy (non-hydrogen) atoms. The third-order valence-corrected chi connectivity index (χ3v) is 5.20. The van der Waals surface area contributed by atoms with Gasteiger partial charge in [-0.05, 0) is 52.4 Å². The first-order valence-electron chi connectivity index (χ1n) is 7.29. The summed E-state index contributed by atoms with van der Waals surface area (Å²) in [7, 11) is -0.334. The smallest absolute Gasteiger partial charge is 0.465 e. The summed E-state index contributed by atoms with van der Waals surface area (Å²) in [6.07, 6.45) is 3.78. The van der Waals surface area contributed by atoms with Crippen molar-refractivity contribution in [2.24, 2.45) is 0 Å². The van der Waals surface area contributed by atoms with E-state index in [9.17, 15) is 9.90 Å². The van der Waals surface area contributed by atoms with Crippen LogP contribution in [0.5, 0.6) is 0 Å². The molecule has 110 valence electrons. The molecule has 2 fully saturated rings. The van der Waals surface area contributed by atoms with Gasteiger partial charge in [-0.25, -0.2) is 4.79 Å². The van der Waals surface area contributed by atoms with E-state index in [0.29, 0.717) is 0 Å². The van der Waals surface area contributed by atoms with Gasteiger partial charge in [0.25, 0.3) is 0 Å². The lowest BCUT2D eigenvalue weighted by molar-refractivity contribution is 0.00578. The molecule has 3 heterocycles. The van der Waals surface area contributed by atoms with E-state index in [1.165, 1.54) is 0 Å². The lowest BCUT2D eigenvalue weighted by atomic mass is 9.73. The molecule has 1 amide bonds. The highest BCUT2D eigenvalue weighted by atomic mass is 16.7. The first-order chi connectivity index (χ1) is 9.21. The summed E-state index contributed by atoms with van der Waals surface area (Å²) < 4.78 is 12.1. The van der Waals surface area contributed by atoms with E-state index in [0.717, 1.165) is 24.7 Å². The molecule has 0 spiro atoms. The van der Waals surface area contributed by atoms with E-state index in [1.54, 1.807) is 4.90 Å². The van der Waals surface area contributed by atoms with Gasteiger partial charge >= 0.3 is 13.2 Å². The Hall–Kier alpha value is -1.01. The molecule has 3 rings (SSSR count). The summed E-state index contributed by atoms with van der Waals surface area (Å²) in [5.41, 5.74) is 0.414. The van der Waals surface area contributed by atoms with Gasteiger partial charge in [-0.2, -0.15) is 0 Å². The van der Waals surface area contributed by atoms with Crippen LogP contribution >= 0.6 is 0 Å². The van der Waals surface area contributed by atoms with Gasteiger partial charge in [0.2, 0.25) is 0 Å². The van der Waals surface area contributed by atoms with Gasteiger partial charge in [0, 0.05) is 6.04 Å². The van der Waals surface area contributed by atoms with Crippen LogP contribution in [0.1, 0.15) is 47.0 Å². The fraction of sp³-hybridized carbons (Fsp3) is 0.786. The van der Waals surface area contributed by atoms with Crippen LogP contribution in [0.25, 0.3) is 0 Å². The van der Waals surface area contributed by atoms with E-state index in [1.807, 2.05) is 33.8 Å². The van der Waals surface area contributed by atoms with Crippen molar-refractivity contribution in [3.8, 4) is 0 Å². The van der Waals surface area contributed by atoms with Gasteiger partial charge in [0.15, 0.2) is 0 Å². The van der Waals surface area contributed by atoms with Crippen molar-refractivity contribution in [1.29, 1.82) is 0 Å². The quantitative estimate of drug-likeness (QED) is 0.749. The van der Waals surface area contributed by atoms with Crippen LogP contribution in [0.2, 0.25) is 0 Å². The highest BCUT2D eigenvalue weighted by molar-refractivity contribution is 6.54. The molecule has 3 aliphatic rings. The second-order valence-corrected chi connectivity index (χ2v) is 7.02. The Morgan fingerprint density at radius 3 is 2.40 bits per heavy atom. The predicted molar refractivity (Wildman–Crippen MR) is 75.5 cm³/mol. The van der Waals surface area contributed by atoms with E-state index in [-0.39, 0.29) is 30.4 Å². The fourth-order valence-electron chi connectivity index (χ4n) is 3.33. The third-order valence-electron chi connectivity index (χ3n) is 5.20. The number of nitrogens with zero attached hydrogens (tertiary/aromatic N) is 1. The lowest BCUT2D eigenvalue weighted by Crippen LogP contribution is -2.44. The molecule has 5 nitrogen and oxygen atoms in total. The first kappa shape index (κ1) is 14.0. The molecule has 0 aromatic rings. The zero-order chi connectivity index (χ0) is 14.7. The predicted octanol–water partition coefficient (Wildman–Crippen LogP) is 2.46. The van der Waals surface area contributed by atoms with Crippen LogP contribution in [-0.2, 0) is 9.31 Å². The van der Waals surface area contributed by atoms with Gasteiger partial charge < -0.3 is 14.4 Å². The third kappa shape index (κ3) is 1.97. The average Bonchev–Trinajstić information content (AvgIpc) is 2.70. The van der Waals surface area contributed by atoms with Crippen LogP contribution in [0.4, 0.5) is 4.79 Å². The summed E-state index contributed by atoms with van der Waals surface area (Å²) in [4.78, 5) is 12.9. The minimum absolute atomic E-state index is 0.0136. The molecule has 2 bridgehead atoms. The molecule has 0 aromatic heterocycles. The monoisotopic (exact) mass is 279 g/mol. The van der Waals surface area contributed by atoms with E-state index < -0.39 is 6.09 Å². The van der Waals surface area contributed by atoms with Gasteiger partial charge in [-0.15, -0.1) is 0 Å². The lowest BCUT2D eigenvalue weighted by Gasteiger charge is -2.32. The Kier molecular flexibility index (Phi) is 2.96. The van der Waals surface area contributed by atoms with Gasteiger partial charge in [-0.1, -0.05) is 6.08 Å². The van der Waals surface area contributed by atoms with Crippen LogP contribution in [0.15, 0.2) is 11.5 Å². The molecular formula is C14H22BNO4. The molecule has 0 aliphatic carbocycles.